The van der Waals surface area contributed by atoms with Crippen LogP contribution < -0.4 is 0 Å². The van der Waals surface area contributed by atoms with Crippen LogP contribution in [0.25, 0.3) is 11.8 Å². The molecule has 6 nitrogen and oxygen atoms in total. The van der Waals surface area contributed by atoms with E-state index in [1.54, 1.807) is 18.2 Å². The standard InChI is InChI=1S/C17H15ClN4O2S/c1-2-15-19-17(21-20-15)25-14(16(23)24)10-13-4-3-9-22(13)12-7-5-11(18)6-8-12/h3-10H,2H2,1H3,(H,23,24)(H,19,20,21)/b14-10-. The third-order valence-electron chi connectivity index (χ3n) is 3.42. The molecule has 0 saturated heterocycles. The zero-order valence-corrected chi connectivity index (χ0v) is 14.9. The SMILES string of the molecule is CCc1nc(S/C(=C\c2cccn2-c2ccc(Cl)cc2)C(=O)O)n[nH]1. The van der Waals surface area contributed by atoms with E-state index in [2.05, 4.69) is 15.2 Å². The molecule has 0 aliphatic carbocycles. The quantitative estimate of drug-likeness (QED) is 0.502. The monoisotopic (exact) mass is 374 g/mol. The summed E-state index contributed by atoms with van der Waals surface area (Å²) < 4.78 is 1.88. The minimum Gasteiger partial charge on any atom is -0.477 e. The van der Waals surface area contributed by atoms with Gasteiger partial charge in [0.05, 0.1) is 0 Å². The number of hydrogen-bond acceptors (Lipinski definition) is 4. The van der Waals surface area contributed by atoms with Gasteiger partial charge in [-0.1, -0.05) is 18.5 Å². The van der Waals surface area contributed by atoms with Gasteiger partial charge in [0.1, 0.15) is 10.7 Å². The Bertz CT molecular complexity index is 915. The van der Waals surface area contributed by atoms with Crippen LogP contribution in [0.15, 0.2) is 52.7 Å². The predicted octanol–water partition coefficient (Wildman–Crippen LogP) is 4.03. The van der Waals surface area contributed by atoms with E-state index in [9.17, 15) is 9.90 Å². The third kappa shape index (κ3) is 4.12. The van der Waals surface area contributed by atoms with Gasteiger partial charge in [-0.05, 0) is 54.2 Å². The first-order chi connectivity index (χ1) is 12.1. The number of nitrogens with zero attached hydrogens (tertiary/aromatic N) is 3. The molecule has 2 heterocycles. The second-order valence-corrected chi connectivity index (χ2v) is 6.56. The first-order valence-corrected chi connectivity index (χ1v) is 8.73. The minimum atomic E-state index is -1.03. The van der Waals surface area contributed by atoms with E-state index in [-0.39, 0.29) is 4.91 Å². The van der Waals surface area contributed by atoms with Crippen LogP contribution in [0.2, 0.25) is 5.02 Å². The number of carboxylic acids is 1. The van der Waals surface area contributed by atoms with Crippen LogP contribution in [0.3, 0.4) is 0 Å². The van der Waals surface area contributed by atoms with Gasteiger partial charge in [0.25, 0.3) is 0 Å². The molecule has 25 heavy (non-hydrogen) atoms. The average molecular weight is 375 g/mol. The van der Waals surface area contributed by atoms with Gasteiger partial charge in [-0.25, -0.2) is 9.78 Å². The number of nitrogens with one attached hydrogen (secondary N) is 1. The van der Waals surface area contributed by atoms with Crippen molar-refractivity contribution in [3.8, 4) is 5.69 Å². The summed E-state index contributed by atoms with van der Waals surface area (Å²) in [5, 5.41) is 17.4. The van der Waals surface area contributed by atoms with Crippen molar-refractivity contribution >= 4 is 35.4 Å². The number of H-pyrrole nitrogens is 1. The number of aromatic nitrogens is 4. The highest BCUT2D eigenvalue weighted by Crippen LogP contribution is 2.27. The van der Waals surface area contributed by atoms with Gasteiger partial charge >= 0.3 is 5.97 Å². The molecule has 0 fully saturated rings. The predicted molar refractivity (Wildman–Crippen MR) is 98.0 cm³/mol. The number of thioether (sulfide) groups is 1. The highest BCUT2D eigenvalue weighted by atomic mass is 35.5. The van der Waals surface area contributed by atoms with E-state index in [4.69, 9.17) is 11.6 Å². The van der Waals surface area contributed by atoms with Crippen LogP contribution in [-0.2, 0) is 11.2 Å². The zero-order chi connectivity index (χ0) is 17.8. The Kier molecular flexibility index (Phi) is 5.25. The van der Waals surface area contributed by atoms with Crippen LogP contribution in [0.4, 0.5) is 0 Å². The van der Waals surface area contributed by atoms with Crippen LogP contribution in [0.5, 0.6) is 0 Å². The maximum Gasteiger partial charge on any atom is 0.342 e. The molecule has 0 aliphatic heterocycles. The van der Waals surface area contributed by atoms with Crippen LogP contribution in [0.1, 0.15) is 18.4 Å². The average Bonchev–Trinajstić information content (AvgIpc) is 3.24. The summed E-state index contributed by atoms with van der Waals surface area (Å²) in [6.07, 6.45) is 4.17. The van der Waals surface area contributed by atoms with E-state index >= 15 is 0 Å². The molecule has 128 valence electrons. The molecule has 0 saturated carbocycles. The van der Waals surface area contributed by atoms with Gasteiger partial charge < -0.3 is 9.67 Å². The van der Waals surface area contributed by atoms with E-state index in [0.29, 0.717) is 16.6 Å². The largest absolute Gasteiger partial charge is 0.477 e. The number of aryl methyl sites for hydroxylation is 1. The highest BCUT2D eigenvalue weighted by molar-refractivity contribution is 8.04. The number of aromatic amines is 1. The Morgan fingerprint density at radius 1 is 1.36 bits per heavy atom. The summed E-state index contributed by atoms with van der Waals surface area (Å²) in [4.78, 5) is 16.0. The fourth-order valence-electron chi connectivity index (χ4n) is 2.20. The summed E-state index contributed by atoms with van der Waals surface area (Å²) >= 11 is 6.94. The first kappa shape index (κ1) is 17.3. The van der Waals surface area contributed by atoms with Crippen LogP contribution in [0, 0.1) is 0 Å². The molecule has 3 aromatic rings. The first-order valence-electron chi connectivity index (χ1n) is 7.54. The lowest BCUT2D eigenvalue weighted by molar-refractivity contribution is -0.131. The molecule has 0 radical (unpaired) electrons. The fourth-order valence-corrected chi connectivity index (χ4v) is 3.03. The number of benzene rings is 1. The molecule has 3 rings (SSSR count). The van der Waals surface area contributed by atoms with Gasteiger partial charge in [-0.3, -0.25) is 5.10 Å². The van der Waals surface area contributed by atoms with Crippen molar-refractivity contribution in [2.75, 3.05) is 0 Å². The van der Waals surface area contributed by atoms with Gasteiger partial charge in [-0.2, -0.15) is 0 Å². The Hall–Kier alpha value is -2.51. The van der Waals surface area contributed by atoms with Crippen molar-refractivity contribution in [1.82, 2.24) is 19.7 Å². The molecular formula is C17H15ClN4O2S. The Morgan fingerprint density at radius 3 is 2.76 bits per heavy atom. The molecule has 2 N–H and O–H groups in total. The van der Waals surface area contributed by atoms with Crippen molar-refractivity contribution in [1.29, 1.82) is 0 Å². The molecule has 0 amide bonds. The summed E-state index contributed by atoms with van der Waals surface area (Å²) in [5.74, 6) is -0.312. The van der Waals surface area contributed by atoms with Gasteiger partial charge in [0, 0.05) is 29.0 Å². The Balaban J connectivity index is 1.92. The van der Waals surface area contributed by atoms with Crippen molar-refractivity contribution < 1.29 is 9.90 Å². The zero-order valence-electron chi connectivity index (χ0n) is 13.3. The number of carbonyl (C=O) groups is 1. The van der Waals surface area contributed by atoms with Gasteiger partial charge in [0.15, 0.2) is 0 Å². The number of halogens is 1. The fraction of sp³-hybridized carbons (Fsp3) is 0.118. The van der Waals surface area contributed by atoms with Crippen molar-refractivity contribution in [3.63, 3.8) is 0 Å². The van der Waals surface area contributed by atoms with Gasteiger partial charge in [0.2, 0.25) is 5.16 Å². The lowest BCUT2D eigenvalue weighted by Gasteiger charge is -2.07. The Labute approximate surface area is 153 Å². The smallest absolute Gasteiger partial charge is 0.342 e. The van der Waals surface area contributed by atoms with E-state index in [1.165, 1.54) is 0 Å². The Morgan fingerprint density at radius 2 is 2.12 bits per heavy atom. The minimum absolute atomic E-state index is 0.135. The molecule has 0 aliphatic rings. The summed E-state index contributed by atoms with van der Waals surface area (Å²) in [7, 11) is 0. The topological polar surface area (TPSA) is 83.8 Å². The van der Waals surface area contributed by atoms with E-state index in [1.807, 2.05) is 42.0 Å². The summed E-state index contributed by atoms with van der Waals surface area (Å²) in [6.45, 7) is 1.95. The van der Waals surface area contributed by atoms with Crippen molar-refractivity contribution in [3.05, 3.63) is 64.0 Å². The van der Waals surface area contributed by atoms with E-state index < -0.39 is 5.97 Å². The van der Waals surface area contributed by atoms with E-state index in [0.717, 1.165) is 29.0 Å². The molecule has 0 bridgehead atoms. The lowest BCUT2D eigenvalue weighted by Crippen LogP contribution is -2.00. The number of rotatable bonds is 6. The van der Waals surface area contributed by atoms with Gasteiger partial charge in [-0.15, -0.1) is 5.10 Å². The summed E-state index contributed by atoms with van der Waals surface area (Å²) in [6, 6.07) is 11.0. The molecule has 0 atom stereocenters. The highest BCUT2D eigenvalue weighted by Gasteiger charge is 2.14. The molecule has 2 aromatic heterocycles. The molecule has 0 spiro atoms. The van der Waals surface area contributed by atoms with Crippen LogP contribution >= 0.6 is 23.4 Å². The second-order valence-electron chi connectivity index (χ2n) is 5.11. The lowest BCUT2D eigenvalue weighted by atomic mass is 10.3. The van der Waals surface area contributed by atoms with Crippen molar-refractivity contribution in [2.24, 2.45) is 0 Å². The number of hydrogen-bond donors (Lipinski definition) is 2. The maximum absolute atomic E-state index is 11.6. The molecule has 0 unspecified atom stereocenters. The molecular weight excluding hydrogens is 360 g/mol. The third-order valence-corrected chi connectivity index (χ3v) is 4.55. The van der Waals surface area contributed by atoms with Crippen molar-refractivity contribution in [2.45, 2.75) is 18.5 Å². The summed E-state index contributed by atoms with van der Waals surface area (Å²) in [5.41, 5.74) is 1.63. The van der Waals surface area contributed by atoms with Crippen LogP contribution in [-0.4, -0.2) is 30.8 Å². The number of aliphatic carboxylic acids is 1. The molecule has 8 heteroatoms. The normalized spacial score (nSPS) is 11.7. The maximum atomic E-state index is 11.6. The number of carboxylic acid groups (broad SMARTS) is 1. The molecule has 1 aromatic carbocycles. The second kappa shape index (κ2) is 7.58.